The molecular formula is C19H18N4O3S. The number of amides is 1. The molecule has 0 fully saturated rings. The van der Waals surface area contributed by atoms with Crippen molar-refractivity contribution in [3.63, 3.8) is 0 Å². The highest BCUT2D eigenvalue weighted by molar-refractivity contribution is 7.13. The number of carbonyl (C=O) groups is 1. The number of carbonyl (C=O) groups excluding carboxylic acids is 1. The number of anilines is 3. The first-order valence-electron chi connectivity index (χ1n) is 8.49. The summed E-state index contributed by atoms with van der Waals surface area (Å²) in [6, 6.07) is 9.23. The summed E-state index contributed by atoms with van der Waals surface area (Å²) in [5.74, 6) is 1.93. The summed E-state index contributed by atoms with van der Waals surface area (Å²) >= 11 is 1.44. The van der Waals surface area contributed by atoms with Crippen molar-refractivity contribution in [2.45, 2.75) is 13.3 Å². The number of hydrogen-bond donors (Lipinski definition) is 2. The standard InChI is InChI=1S/C19H18N4O3S/c1-12-4-5-20-17(8-12)23-19-22-14(11-27-19)10-18(24)21-13-2-3-15-16(9-13)26-7-6-25-15/h2-5,8-9,11H,6-7,10H2,1H3,(H,21,24)(H,20,22,23). The number of pyridine rings is 1. The first-order valence-corrected chi connectivity index (χ1v) is 9.37. The van der Waals surface area contributed by atoms with E-state index in [1.807, 2.05) is 24.4 Å². The second-order valence-electron chi connectivity index (χ2n) is 6.07. The fourth-order valence-electron chi connectivity index (χ4n) is 2.65. The molecule has 27 heavy (non-hydrogen) atoms. The monoisotopic (exact) mass is 382 g/mol. The Bertz CT molecular complexity index is 973. The number of ether oxygens (including phenoxy) is 2. The number of hydrogen-bond acceptors (Lipinski definition) is 7. The van der Waals surface area contributed by atoms with Crippen LogP contribution in [-0.4, -0.2) is 29.1 Å². The molecule has 4 rings (SSSR count). The maximum atomic E-state index is 12.3. The lowest BCUT2D eigenvalue weighted by molar-refractivity contribution is -0.115. The Balaban J connectivity index is 1.36. The van der Waals surface area contributed by atoms with E-state index in [9.17, 15) is 4.79 Å². The zero-order chi connectivity index (χ0) is 18.6. The number of benzene rings is 1. The van der Waals surface area contributed by atoms with E-state index in [0.29, 0.717) is 41.2 Å². The molecule has 3 heterocycles. The van der Waals surface area contributed by atoms with Gasteiger partial charge in [-0.3, -0.25) is 4.79 Å². The van der Waals surface area contributed by atoms with Crippen LogP contribution in [0.15, 0.2) is 41.9 Å². The third-order valence-corrected chi connectivity index (χ3v) is 4.68. The molecule has 7 nitrogen and oxygen atoms in total. The maximum Gasteiger partial charge on any atom is 0.230 e. The van der Waals surface area contributed by atoms with Gasteiger partial charge < -0.3 is 20.1 Å². The van der Waals surface area contributed by atoms with Crippen LogP contribution < -0.4 is 20.1 Å². The molecule has 1 amide bonds. The molecule has 2 N–H and O–H groups in total. The molecule has 0 saturated heterocycles. The highest BCUT2D eigenvalue weighted by Gasteiger charge is 2.14. The zero-order valence-electron chi connectivity index (χ0n) is 14.7. The molecule has 0 radical (unpaired) electrons. The molecule has 0 unspecified atom stereocenters. The van der Waals surface area contributed by atoms with Crippen molar-refractivity contribution < 1.29 is 14.3 Å². The predicted molar refractivity (Wildman–Crippen MR) is 104 cm³/mol. The molecular weight excluding hydrogens is 364 g/mol. The molecule has 8 heteroatoms. The lowest BCUT2D eigenvalue weighted by atomic mass is 10.2. The average molecular weight is 382 g/mol. The molecule has 0 saturated carbocycles. The van der Waals surface area contributed by atoms with Crippen molar-refractivity contribution in [3.05, 3.63) is 53.2 Å². The quantitative estimate of drug-likeness (QED) is 0.702. The van der Waals surface area contributed by atoms with Gasteiger partial charge in [0, 0.05) is 23.3 Å². The summed E-state index contributed by atoms with van der Waals surface area (Å²) in [4.78, 5) is 21.0. The fourth-order valence-corrected chi connectivity index (χ4v) is 3.37. The Morgan fingerprint density at radius 1 is 1.19 bits per heavy atom. The Morgan fingerprint density at radius 3 is 2.89 bits per heavy atom. The van der Waals surface area contributed by atoms with Gasteiger partial charge in [0.25, 0.3) is 0 Å². The van der Waals surface area contributed by atoms with E-state index in [4.69, 9.17) is 9.47 Å². The minimum atomic E-state index is -0.141. The molecule has 3 aromatic rings. The number of fused-ring (bicyclic) bond motifs is 1. The van der Waals surface area contributed by atoms with Gasteiger partial charge >= 0.3 is 0 Å². The zero-order valence-corrected chi connectivity index (χ0v) is 15.5. The normalized spacial score (nSPS) is 12.5. The van der Waals surface area contributed by atoms with Gasteiger partial charge in [-0.1, -0.05) is 0 Å². The van der Waals surface area contributed by atoms with Crippen LogP contribution in [0.1, 0.15) is 11.3 Å². The molecule has 0 spiro atoms. The average Bonchev–Trinajstić information content (AvgIpc) is 3.08. The van der Waals surface area contributed by atoms with Gasteiger partial charge in [0.1, 0.15) is 19.0 Å². The molecule has 1 aliphatic heterocycles. The third-order valence-electron chi connectivity index (χ3n) is 3.87. The number of rotatable bonds is 5. The van der Waals surface area contributed by atoms with E-state index >= 15 is 0 Å². The van der Waals surface area contributed by atoms with Gasteiger partial charge in [-0.15, -0.1) is 11.3 Å². The number of aryl methyl sites for hydroxylation is 1. The van der Waals surface area contributed by atoms with Crippen molar-refractivity contribution in [2.24, 2.45) is 0 Å². The highest BCUT2D eigenvalue weighted by Crippen LogP contribution is 2.32. The molecule has 1 aromatic carbocycles. The lowest BCUT2D eigenvalue weighted by Gasteiger charge is -2.18. The minimum Gasteiger partial charge on any atom is -0.486 e. The van der Waals surface area contributed by atoms with Crippen molar-refractivity contribution in [2.75, 3.05) is 23.8 Å². The van der Waals surface area contributed by atoms with Crippen LogP contribution in [0.3, 0.4) is 0 Å². The number of thiazole rings is 1. The van der Waals surface area contributed by atoms with Crippen LogP contribution in [-0.2, 0) is 11.2 Å². The topological polar surface area (TPSA) is 85.4 Å². The summed E-state index contributed by atoms with van der Waals surface area (Å²) in [5, 5.41) is 8.59. The van der Waals surface area contributed by atoms with E-state index in [0.717, 1.165) is 11.4 Å². The van der Waals surface area contributed by atoms with Gasteiger partial charge in [-0.25, -0.2) is 9.97 Å². The molecule has 138 valence electrons. The van der Waals surface area contributed by atoms with Gasteiger partial charge in [-0.05, 0) is 36.8 Å². The summed E-state index contributed by atoms with van der Waals surface area (Å²) in [5.41, 5.74) is 2.48. The second kappa shape index (κ2) is 7.63. The van der Waals surface area contributed by atoms with Crippen LogP contribution in [0, 0.1) is 6.92 Å². The van der Waals surface area contributed by atoms with Crippen molar-refractivity contribution in [3.8, 4) is 11.5 Å². The lowest BCUT2D eigenvalue weighted by Crippen LogP contribution is -2.17. The maximum absolute atomic E-state index is 12.3. The van der Waals surface area contributed by atoms with E-state index in [1.54, 1.807) is 24.4 Å². The molecule has 0 bridgehead atoms. The van der Waals surface area contributed by atoms with Gasteiger partial charge in [0.15, 0.2) is 16.6 Å². The Hall–Kier alpha value is -3.13. The Morgan fingerprint density at radius 2 is 2.04 bits per heavy atom. The van der Waals surface area contributed by atoms with Crippen LogP contribution in [0.5, 0.6) is 11.5 Å². The summed E-state index contributed by atoms with van der Waals surface area (Å²) in [6.07, 6.45) is 1.93. The molecule has 2 aromatic heterocycles. The number of nitrogens with zero attached hydrogens (tertiary/aromatic N) is 2. The van der Waals surface area contributed by atoms with Crippen molar-refractivity contribution in [1.82, 2.24) is 9.97 Å². The van der Waals surface area contributed by atoms with Crippen molar-refractivity contribution >= 4 is 33.9 Å². The first kappa shape index (κ1) is 17.3. The second-order valence-corrected chi connectivity index (χ2v) is 6.93. The Kier molecular flexibility index (Phi) is 4.88. The third kappa shape index (κ3) is 4.35. The van der Waals surface area contributed by atoms with Gasteiger partial charge in [0.05, 0.1) is 12.1 Å². The van der Waals surface area contributed by atoms with Crippen LogP contribution in [0.25, 0.3) is 0 Å². The molecule has 1 aliphatic rings. The van der Waals surface area contributed by atoms with Crippen LogP contribution in [0.4, 0.5) is 16.6 Å². The van der Waals surface area contributed by atoms with E-state index in [2.05, 4.69) is 20.6 Å². The summed E-state index contributed by atoms with van der Waals surface area (Å²) in [7, 11) is 0. The number of nitrogens with one attached hydrogen (secondary N) is 2. The summed E-state index contributed by atoms with van der Waals surface area (Å²) < 4.78 is 11.0. The molecule has 0 atom stereocenters. The van der Waals surface area contributed by atoms with Crippen LogP contribution in [0.2, 0.25) is 0 Å². The van der Waals surface area contributed by atoms with Crippen molar-refractivity contribution in [1.29, 1.82) is 0 Å². The first-order chi connectivity index (χ1) is 13.2. The fraction of sp³-hybridized carbons (Fsp3) is 0.211. The SMILES string of the molecule is Cc1ccnc(Nc2nc(CC(=O)Nc3ccc4c(c3)OCCO4)cs2)c1. The number of aromatic nitrogens is 2. The largest absolute Gasteiger partial charge is 0.486 e. The Labute approximate surface area is 160 Å². The predicted octanol–water partition coefficient (Wildman–Crippen LogP) is 3.54. The highest BCUT2D eigenvalue weighted by atomic mass is 32.1. The smallest absolute Gasteiger partial charge is 0.230 e. The molecule has 0 aliphatic carbocycles. The van der Waals surface area contributed by atoms with Crippen LogP contribution >= 0.6 is 11.3 Å². The van der Waals surface area contributed by atoms with E-state index < -0.39 is 0 Å². The van der Waals surface area contributed by atoms with E-state index in [-0.39, 0.29) is 12.3 Å². The van der Waals surface area contributed by atoms with E-state index in [1.165, 1.54) is 11.3 Å². The summed E-state index contributed by atoms with van der Waals surface area (Å²) in [6.45, 7) is 3.05. The van der Waals surface area contributed by atoms with Gasteiger partial charge in [0.2, 0.25) is 5.91 Å². The minimum absolute atomic E-state index is 0.141. The van der Waals surface area contributed by atoms with Gasteiger partial charge in [-0.2, -0.15) is 0 Å².